The molecule has 0 aliphatic carbocycles. The first-order valence-electron chi connectivity index (χ1n) is 7.59. The molecule has 0 fully saturated rings. The van der Waals surface area contributed by atoms with E-state index in [1.807, 2.05) is 41.9 Å². The van der Waals surface area contributed by atoms with E-state index in [2.05, 4.69) is 5.32 Å². The quantitative estimate of drug-likeness (QED) is 0.773. The molecule has 1 amide bonds. The average Bonchev–Trinajstić information content (AvgIpc) is 2.87. The Hall–Kier alpha value is -2.59. The Morgan fingerprint density at radius 1 is 1.12 bits per heavy atom. The average molecular weight is 341 g/mol. The Morgan fingerprint density at radius 2 is 1.88 bits per heavy atom. The van der Waals surface area contributed by atoms with Crippen molar-refractivity contribution in [3.8, 4) is 0 Å². The van der Waals surface area contributed by atoms with Gasteiger partial charge in [0.15, 0.2) is 0 Å². The lowest BCUT2D eigenvalue weighted by molar-refractivity contribution is -0.116. The van der Waals surface area contributed by atoms with Gasteiger partial charge in [0.05, 0.1) is 10.7 Å². The van der Waals surface area contributed by atoms with Crippen molar-refractivity contribution in [2.45, 2.75) is 13.3 Å². The lowest BCUT2D eigenvalue weighted by Crippen LogP contribution is -2.15. The van der Waals surface area contributed by atoms with Gasteiger partial charge in [0.25, 0.3) is 5.91 Å². The molecule has 0 aliphatic rings. The minimum atomic E-state index is -0.227. The number of nitrogens with zero attached hydrogens (tertiary/aromatic N) is 1. The third kappa shape index (κ3) is 3.19. The van der Waals surface area contributed by atoms with E-state index in [1.54, 1.807) is 18.2 Å². The molecule has 0 unspecified atom stereocenters. The molecule has 122 valence electrons. The minimum Gasteiger partial charge on any atom is -0.340 e. The van der Waals surface area contributed by atoms with Crippen LogP contribution in [-0.2, 0) is 18.3 Å². The lowest BCUT2D eigenvalue weighted by atomic mass is 10.1. The van der Waals surface area contributed by atoms with Gasteiger partial charge in [-0.2, -0.15) is 0 Å². The zero-order chi connectivity index (χ0) is 17.3. The number of carbonyl (C=O) groups is 2. The number of amides is 1. The molecule has 3 rings (SSSR count). The maximum atomic E-state index is 12.6. The SMILES string of the molecule is CC(=O)Cc1ccc(NC(=O)c2cc3ccccc3n2C)c(Cl)c1. The van der Waals surface area contributed by atoms with Crippen LogP contribution in [0.15, 0.2) is 48.5 Å². The Kier molecular flexibility index (Phi) is 4.40. The third-order valence-corrected chi connectivity index (χ3v) is 4.23. The number of fused-ring (bicyclic) bond motifs is 1. The van der Waals surface area contributed by atoms with E-state index in [9.17, 15) is 9.59 Å². The van der Waals surface area contributed by atoms with E-state index in [1.165, 1.54) is 6.92 Å². The molecule has 3 aromatic rings. The molecule has 0 saturated carbocycles. The van der Waals surface area contributed by atoms with E-state index in [0.29, 0.717) is 22.8 Å². The highest BCUT2D eigenvalue weighted by Crippen LogP contribution is 2.25. The van der Waals surface area contributed by atoms with Gasteiger partial charge in [-0.05, 0) is 36.8 Å². The third-order valence-electron chi connectivity index (χ3n) is 3.92. The molecule has 24 heavy (non-hydrogen) atoms. The van der Waals surface area contributed by atoms with Crippen LogP contribution in [0.1, 0.15) is 23.0 Å². The summed E-state index contributed by atoms with van der Waals surface area (Å²) in [5.74, 6) is -0.159. The fourth-order valence-electron chi connectivity index (χ4n) is 2.75. The summed E-state index contributed by atoms with van der Waals surface area (Å²) in [6, 6.07) is 14.9. The number of Topliss-reactive ketones (excluding diaryl/α,β-unsaturated/α-hetero) is 1. The van der Waals surface area contributed by atoms with Gasteiger partial charge < -0.3 is 9.88 Å². The smallest absolute Gasteiger partial charge is 0.272 e. The molecule has 5 heteroatoms. The Bertz CT molecular complexity index is 944. The summed E-state index contributed by atoms with van der Waals surface area (Å²) < 4.78 is 1.85. The molecule has 0 bridgehead atoms. The molecule has 0 spiro atoms. The predicted octanol–water partition coefficient (Wildman–Crippen LogP) is 4.22. The van der Waals surface area contributed by atoms with Crippen molar-refractivity contribution < 1.29 is 9.59 Å². The van der Waals surface area contributed by atoms with Crippen LogP contribution in [-0.4, -0.2) is 16.3 Å². The van der Waals surface area contributed by atoms with Crippen LogP contribution in [0.3, 0.4) is 0 Å². The fraction of sp³-hybridized carbons (Fsp3) is 0.158. The fourth-order valence-corrected chi connectivity index (χ4v) is 3.00. The number of nitrogens with one attached hydrogen (secondary N) is 1. The Balaban J connectivity index is 1.86. The number of hydrogen-bond acceptors (Lipinski definition) is 2. The van der Waals surface area contributed by atoms with Crippen molar-refractivity contribution in [3.05, 3.63) is 64.8 Å². The molecule has 0 atom stereocenters. The summed E-state index contributed by atoms with van der Waals surface area (Å²) in [7, 11) is 1.86. The molecule has 0 saturated heterocycles. The minimum absolute atomic E-state index is 0.0679. The first-order valence-corrected chi connectivity index (χ1v) is 7.97. The number of para-hydroxylation sites is 1. The van der Waals surface area contributed by atoms with Gasteiger partial charge in [-0.1, -0.05) is 35.9 Å². The maximum absolute atomic E-state index is 12.6. The lowest BCUT2D eigenvalue weighted by Gasteiger charge is -2.09. The maximum Gasteiger partial charge on any atom is 0.272 e. The second-order valence-corrected chi connectivity index (χ2v) is 6.20. The highest BCUT2D eigenvalue weighted by Gasteiger charge is 2.14. The number of halogens is 1. The van der Waals surface area contributed by atoms with Crippen LogP contribution >= 0.6 is 11.6 Å². The largest absolute Gasteiger partial charge is 0.340 e. The van der Waals surface area contributed by atoms with Crippen LogP contribution in [0.2, 0.25) is 5.02 Å². The molecule has 1 aromatic heterocycles. The number of rotatable bonds is 4. The van der Waals surface area contributed by atoms with Gasteiger partial charge in [0.1, 0.15) is 11.5 Å². The summed E-state index contributed by atoms with van der Waals surface area (Å²) in [6.45, 7) is 1.53. The van der Waals surface area contributed by atoms with E-state index in [4.69, 9.17) is 11.6 Å². The van der Waals surface area contributed by atoms with Crippen molar-refractivity contribution in [2.24, 2.45) is 7.05 Å². The number of hydrogen-bond donors (Lipinski definition) is 1. The van der Waals surface area contributed by atoms with E-state index in [-0.39, 0.29) is 11.7 Å². The van der Waals surface area contributed by atoms with E-state index in [0.717, 1.165) is 16.5 Å². The molecule has 1 heterocycles. The van der Waals surface area contributed by atoms with Crippen LogP contribution in [0, 0.1) is 0 Å². The summed E-state index contributed by atoms with van der Waals surface area (Å²) in [5, 5.41) is 4.26. The number of anilines is 1. The molecule has 0 aliphatic heterocycles. The van der Waals surface area contributed by atoms with Crippen LogP contribution in [0.25, 0.3) is 10.9 Å². The normalized spacial score (nSPS) is 10.8. The van der Waals surface area contributed by atoms with Gasteiger partial charge in [-0.3, -0.25) is 9.59 Å². The predicted molar refractivity (Wildman–Crippen MR) is 96.7 cm³/mol. The second-order valence-electron chi connectivity index (χ2n) is 5.79. The first-order chi connectivity index (χ1) is 11.5. The standard InChI is InChI=1S/C19H17ClN2O2/c1-12(23)9-13-7-8-16(15(20)10-13)21-19(24)18-11-14-5-3-4-6-17(14)22(18)2/h3-8,10-11H,9H2,1-2H3,(H,21,24). The van der Waals surface area contributed by atoms with Crippen LogP contribution in [0.5, 0.6) is 0 Å². The molecular weight excluding hydrogens is 324 g/mol. The van der Waals surface area contributed by atoms with Crippen molar-refractivity contribution >= 4 is 39.9 Å². The molecule has 2 aromatic carbocycles. The van der Waals surface area contributed by atoms with Crippen molar-refractivity contribution in [2.75, 3.05) is 5.32 Å². The van der Waals surface area contributed by atoms with Gasteiger partial charge in [-0.25, -0.2) is 0 Å². The second kappa shape index (κ2) is 6.49. The summed E-state index contributed by atoms with van der Waals surface area (Å²) in [4.78, 5) is 23.8. The van der Waals surface area contributed by atoms with Crippen molar-refractivity contribution in [3.63, 3.8) is 0 Å². The van der Waals surface area contributed by atoms with Gasteiger partial charge in [0, 0.05) is 24.4 Å². The molecule has 0 radical (unpaired) electrons. The summed E-state index contributed by atoms with van der Waals surface area (Å²) in [5.41, 5.74) is 2.90. The molecule has 1 N–H and O–H groups in total. The highest BCUT2D eigenvalue weighted by molar-refractivity contribution is 6.34. The zero-order valence-corrected chi connectivity index (χ0v) is 14.2. The highest BCUT2D eigenvalue weighted by atomic mass is 35.5. The van der Waals surface area contributed by atoms with Gasteiger partial charge in [-0.15, -0.1) is 0 Å². The monoisotopic (exact) mass is 340 g/mol. The number of aromatic nitrogens is 1. The van der Waals surface area contributed by atoms with Crippen LogP contribution in [0.4, 0.5) is 5.69 Å². The molecular formula is C19H17ClN2O2. The molecule has 4 nitrogen and oxygen atoms in total. The van der Waals surface area contributed by atoms with Gasteiger partial charge >= 0.3 is 0 Å². The number of benzene rings is 2. The summed E-state index contributed by atoms with van der Waals surface area (Å²) in [6.07, 6.45) is 0.331. The first kappa shape index (κ1) is 16.3. The van der Waals surface area contributed by atoms with E-state index >= 15 is 0 Å². The van der Waals surface area contributed by atoms with E-state index < -0.39 is 0 Å². The van der Waals surface area contributed by atoms with Crippen molar-refractivity contribution in [1.82, 2.24) is 4.57 Å². The number of aryl methyl sites for hydroxylation is 1. The van der Waals surface area contributed by atoms with Crippen molar-refractivity contribution in [1.29, 1.82) is 0 Å². The zero-order valence-electron chi connectivity index (χ0n) is 13.5. The number of carbonyl (C=O) groups excluding carboxylic acids is 2. The Morgan fingerprint density at radius 3 is 2.54 bits per heavy atom. The Labute approximate surface area is 145 Å². The van der Waals surface area contributed by atoms with Crippen LogP contribution < -0.4 is 5.32 Å². The topological polar surface area (TPSA) is 51.1 Å². The van der Waals surface area contributed by atoms with Gasteiger partial charge in [0.2, 0.25) is 0 Å². The summed E-state index contributed by atoms with van der Waals surface area (Å²) >= 11 is 6.23. The number of ketones is 1.